The molecule has 5 nitrogen and oxygen atoms in total. The van der Waals surface area contributed by atoms with Gasteiger partial charge >= 0.3 is 0 Å². The van der Waals surface area contributed by atoms with E-state index in [9.17, 15) is 4.79 Å². The lowest BCUT2D eigenvalue weighted by molar-refractivity contribution is -0.117. The van der Waals surface area contributed by atoms with Crippen molar-refractivity contribution >= 4 is 11.6 Å². The van der Waals surface area contributed by atoms with Gasteiger partial charge in [-0.2, -0.15) is 5.10 Å². The van der Waals surface area contributed by atoms with Crippen LogP contribution < -0.4 is 5.32 Å². The quantitative estimate of drug-likeness (QED) is 0.927. The number of nitrogens with zero attached hydrogens (tertiary/aromatic N) is 3. The van der Waals surface area contributed by atoms with Gasteiger partial charge < -0.3 is 5.32 Å². The van der Waals surface area contributed by atoms with E-state index in [0.717, 1.165) is 41.8 Å². The van der Waals surface area contributed by atoms with Gasteiger partial charge in [0.2, 0.25) is 5.91 Å². The number of piperidine rings is 1. The number of likely N-dealkylation sites (tertiary alicyclic amines) is 1. The van der Waals surface area contributed by atoms with E-state index in [1.807, 2.05) is 18.5 Å². The van der Waals surface area contributed by atoms with E-state index in [1.54, 1.807) is 0 Å². The molecule has 1 fully saturated rings. The first-order valence-corrected chi connectivity index (χ1v) is 9.09. The van der Waals surface area contributed by atoms with Crippen molar-refractivity contribution in [2.75, 3.05) is 25.0 Å². The number of hydrogen-bond donors (Lipinski definition) is 1. The third-order valence-corrected chi connectivity index (χ3v) is 5.08. The second kappa shape index (κ2) is 7.40. The summed E-state index contributed by atoms with van der Waals surface area (Å²) >= 11 is 0. The summed E-state index contributed by atoms with van der Waals surface area (Å²) in [5.41, 5.74) is 4.86. The average molecular weight is 340 g/mol. The summed E-state index contributed by atoms with van der Waals surface area (Å²) in [6.07, 6.45) is 2.35. The predicted octanol–water partition coefficient (Wildman–Crippen LogP) is 3.47. The summed E-state index contributed by atoms with van der Waals surface area (Å²) in [6.45, 7) is 10.8. The molecule has 0 radical (unpaired) electrons. The topological polar surface area (TPSA) is 50.2 Å². The maximum atomic E-state index is 12.5. The number of hydrogen-bond acceptors (Lipinski definition) is 3. The molecule has 1 aromatic carbocycles. The number of nitrogens with one attached hydrogen (secondary N) is 1. The van der Waals surface area contributed by atoms with Crippen LogP contribution in [0.5, 0.6) is 0 Å². The number of carbonyl (C=O) groups excluding carboxylic acids is 1. The molecule has 0 spiro atoms. The molecule has 0 aliphatic carbocycles. The summed E-state index contributed by atoms with van der Waals surface area (Å²) in [5, 5.41) is 7.68. The van der Waals surface area contributed by atoms with Crippen molar-refractivity contribution in [3.8, 4) is 5.69 Å². The Kier molecular flexibility index (Phi) is 5.23. The van der Waals surface area contributed by atoms with E-state index in [4.69, 9.17) is 0 Å². The first kappa shape index (κ1) is 17.7. The Hall–Kier alpha value is -2.14. The Bertz CT molecular complexity index is 740. The highest BCUT2D eigenvalue weighted by atomic mass is 16.2. The Morgan fingerprint density at radius 3 is 2.44 bits per heavy atom. The van der Waals surface area contributed by atoms with Gasteiger partial charge in [-0.15, -0.1) is 0 Å². The van der Waals surface area contributed by atoms with Crippen molar-refractivity contribution in [2.45, 2.75) is 40.5 Å². The van der Waals surface area contributed by atoms with Crippen LogP contribution in [0, 0.1) is 26.7 Å². The van der Waals surface area contributed by atoms with Gasteiger partial charge in [0, 0.05) is 0 Å². The largest absolute Gasteiger partial charge is 0.322 e. The first-order chi connectivity index (χ1) is 11.9. The Labute approximate surface area is 150 Å². The molecule has 0 bridgehead atoms. The van der Waals surface area contributed by atoms with Crippen molar-refractivity contribution in [2.24, 2.45) is 5.92 Å². The van der Waals surface area contributed by atoms with Crippen LogP contribution in [0.15, 0.2) is 24.3 Å². The minimum Gasteiger partial charge on any atom is -0.322 e. The molecule has 25 heavy (non-hydrogen) atoms. The van der Waals surface area contributed by atoms with E-state index >= 15 is 0 Å². The van der Waals surface area contributed by atoms with E-state index in [1.165, 1.54) is 18.4 Å². The summed E-state index contributed by atoms with van der Waals surface area (Å²) in [5.74, 6) is 0.820. The summed E-state index contributed by atoms with van der Waals surface area (Å²) in [7, 11) is 0. The van der Waals surface area contributed by atoms with Gasteiger partial charge in [-0.05, 0) is 64.8 Å². The minimum atomic E-state index is 0.0456. The molecule has 0 saturated carbocycles. The zero-order chi connectivity index (χ0) is 18.0. The van der Waals surface area contributed by atoms with Gasteiger partial charge in [-0.3, -0.25) is 9.69 Å². The molecule has 1 aliphatic heterocycles. The average Bonchev–Trinajstić information content (AvgIpc) is 2.86. The Morgan fingerprint density at radius 2 is 1.80 bits per heavy atom. The van der Waals surface area contributed by atoms with Crippen molar-refractivity contribution < 1.29 is 4.79 Å². The molecule has 1 aromatic heterocycles. The second-order valence-electron chi connectivity index (χ2n) is 7.30. The van der Waals surface area contributed by atoms with E-state index in [2.05, 4.69) is 53.4 Å². The molecule has 5 heteroatoms. The Morgan fingerprint density at radius 1 is 1.16 bits per heavy atom. The predicted molar refractivity (Wildman–Crippen MR) is 101 cm³/mol. The maximum Gasteiger partial charge on any atom is 0.238 e. The van der Waals surface area contributed by atoms with E-state index in [0.29, 0.717) is 6.54 Å². The lowest BCUT2D eigenvalue weighted by atomic mass is 9.99. The molecule has 1 saturated heterocycles. The van der Waals surface area contributed by atoms with Crippen LogP contribution >= 0.6 is 0 Å². The SMILES string of the molecule is Cc1ccc(-n2nc(C)c(NC(=O)CN3CCC(C)CC3)c2C)cc1. The fourth-order valence-electron chi connectivity index (χ4n) is 3.36. The molecule has 1 N–H and O–H groups in total. The maximum absolute atomic E-state index is 12.5. The zero-order valence-electron chi connectivity index (χ0n) is 15.7. The standard InChI is InChI=1S/C20H28N4O/c1-14-5-7-18(8-6-14)24-17(4)20(16(3)22-24)21-19(25)13-23-11-9-15(2)10-12-23/h5-8,15H,9-13H2,1-4H3,(H,21,25). The summed E-state index contributed by atoms with van der Waals surface area (Å²) in [4.78, 5) is 14.7. The molecule has 134 valence electrons. The Balaban J connectivity index is 1.70. The number of aryl methyl sites for hydroxylation is 2. The number of rotatable bonds is 4. The van der Waals surface area contributed by atoms with Crippen molar-refractivity contribution in [3.63, 3.8) is 0 Å². The third kappa shape index (κ3) is 4.10. The number of benzene rings is 1. The van der Waals surface area contributed by atoms with Gasteiger partial charge in [0.05, 0.1) is 29.3 Å². The zero-order valence-corrected chi connectivity index (χ0v) is 15.7. The molecule has 1 aliphatic rings. The molecular formula is C20H28N4O. The fraction of sp³-hybridized carbons (Fsp3) is 0.500. The highest BCUT2D eigenvalue weighted by Crippen LogP contribution is 2.23. The smallest absolute Gasteiger partial charge is 0.238 e. The van der Waals surface area contributed by atoms with Gasteiger partial charge in [0.25, 0.3) is 0 Å². The fourth-order valence-corrected chi connectivity index (χ4v) is 3.36. The van der Waals surface area contributed by atoms with Crippen molar-refractivity contribution in [1.29, 1.82) is 0 Å². The van der Waals surface area contributed by atoms with Crippen LogP contribution in [-0.4, -0.2) is 40.2 Å². The van der Waals surface area contributed by atoms with Crippen LogP contribution in [0.1, 0.15) is 36.7 Å². The van der Waals surface area contributed by atoms with E-state index in [-0.39, 0.29) is 5.91 Å². The lowest BCUT2D eigenvalue weighted by Gasteiger charge is -2.29. The van der Waals surface area contributed by atoms with Crippen LogP contribution in [0.4, 0.5) is 5.69 Å². The van der Waals surface area contributed by atoms with Gasteiger partial charge in [0.15, 0.2) is 0 Å². The molecule has 2 heterocycles. The number of anilines is 1. The summed E-state index contributed by atoms with van der Waals surface area (Å²) < 4.78 is 1.90. The molecule has 3 rings (SSSR count). The molecule has 2 aromatic rings. The van der Waals surface area contributed by atoms with Gasteiger partial charge in [0.1, 0.15) is 0 Å². The van der Waals surface area contributed by atoms with E-state index < -0.39 is 0 Å². The number of carbonyl (C=O) groups is 1. The molecule has 1 amide bonds. The molecule has 0 atom stereocenters. The van der Waals surface area contributed by atoms with Crippen molar-refractivity contribution in [1.82, 2.24) is 14.7 Å². The highest BCUT2D eigenvalue weighted by Gasteiger charge is 2.20. The van der Waals surface area contributed by atoms with Gasteiger partial charge in [-0.25, -0.2) is 4.68 Å². The van der Waals surface area contributed by atoms with Crippen LogP contribution in [0.25, 0.3) is 5.69 Å². The first-order valence-electron chi connectivity index (χ1n) is 9.09. The lowest BCUT2D eigenvalue weighted by Crippen LogP contribution is -2.38. The van der Waals surface area contributed by atoms with Gasteiger partial charge in [-0.1, -0.05) is 24.6 Å². The number of aromatic nitrogens is 2. The third-order valence-electron chi connectivity index (χ3n) is 5.08. The van der Waals surface area contributed by atoms with Crippen LogP contribution in [0.2, 0.25) is 0 Å². The molecule has 0 unspecified atom stereocenters. The number of amides is 1. The monoisotopic (exact) mass is 340 g/mol. The second-order valence-corrected chi connectivity index (χ2v) is 7.30. The summed E-state index contributed by atoms with van der Waals surface area (Å²) in [6, 6.07) is 8.24. The minimum absolute atomic E-state index is 0.0456. The molecular weight excluding hydrogens is 312 g/mol. The van der Waals surface area contributed by atoms with Crippen molar-refractivity contribution in [3.05, 3.63) is 41.2 Å². The normalized spacial score (nSPS) is 16.2. The van der Waals surface area contributed by atoms with Crippen LogP contribution in [-0.2, 0) is 4.79 Å². The highest BCUT2D eigenvalue weighted by molar-refractivity contribution is 5.93. The van der Waals surface area contributed by atoms with Crippen LogP contribution in [0.3, 0.4) is 0 Å².